The Morgan fingerprint density at radius 3 is 2.90 bits per heavy atom. The van der Waals surface area contributed by atoms with Crippen LogP contribution in [0.1, 0.15) is 16.5 Å². The smallest absolute Gasteiger partial charge is 0.0481 e. The number of rotatable bonds is 2. The first-order valence-electron chi connectivity index (χ1n) is 3.16. The van der Waals surface area contributed by atoms with Crippen molar-refractivity contribution in [2.45, 2.75) is 13.0 Å². The van der Waals surface area contributed by atoms with E-state index >= 15 is 0 Å². The van der Waals surface area contributed by atoms with Gasteiger partial charge in [0.15, 0.2) is 0 Å². The summed E-state index contributed by atoms with van der Waals surface area (Å²) < 4.78 is 0. The van der Waals surface area contributed by atoms with Gasteiger partial charge in [-0.25, -0.2) is 0 Å². The van der Waals surface area contributed by atoms with Gasteiger partial charge in [0.1, 0.15) is 0 Å². The molecule has 1 rings (SSSR count). The van der Waals surface area contributed by atoms with Crippen LogP contribution in [0, 0.1) is 6.92 Å². The van der Waals surface area contributed by atoms with Crippen LogP contribution >= 0.6 is 24.0 Å². The Kier molecular flexibility index (Phi) is 2.77. The maximum Gasteiger partial charge on any atom is 0.0481 e. The average Bonchev–Trinajstić information content (AvgIpc) is 2.34. The molecule has 3 heteroatoms. The third kappa shape index (κ3) is 1.54. The number of nitrogens with two attached hydrogens (primary N) is 1. The molecule has 0 saturated carbocycles. The highest BCUT2D eigenvalue weighted by molar-refractivity contribution is 7.80. The molecule has 0 bridgehead atoms. The molecule has 1 heterocycles. The molecule has 0 radical (unpaired) electrons. The molecule has 0 saturated heterocycles. The molecule has 10 heavy (non-hydrogen) atoms. The van der Waals surface area contributed by atoms with Crippen molar-refractivity contribution in [3.8, 4) is 0 Å². The van der Waals surface area contributed by atoms with Gasteiger partial charge in [-0.05, 0) is 23.9 Å². The lowest BCUT2D eigenvalue weighted by Crippen LogP contribution is -2.10. The van der Waals surface area contributed by atoms with Gasteiger partial charge >= 0.3 is 0 Å². The predicted octanol–water partition coefficient (Wildman–Crippen LogP) is 1.99. The van der Waals surface area contributed by atoms with E-state index in [2.05, 4.69) is 31.0 Å². The highest BCUT2D eigenvalue weighted by atomic mass is 32.1. The zero-order valence-electron chi connectivity index (χ0n) is 5.87. The summed E-state index contributed by atoms with van der Waals surface area (Å²) in [5, 5.41) is 2.06. The lowest BCUT2D eigenvalue weighted by Gasteiger charge is -2.05. The molecule has 0 spiro atoms. The van der Waals surface area contributed by atoms with Gasteiger partial charge in [0, 0.05) is 16.7 Å². The average molecular weight is 173 g/mol. The third-order valence-electron chi connectivity index (χ3n) is 1.44. The normalized spacial score (nSPS) is 13.5. The van der Waals surface area contributed by atoms with Crippen LogP contribution in [0.5, 0.6) is 0 Å². The standard InChI is InChI=1S/C7H11NS2/c1-5-2-3-10-7(5)6(8)4-9/h2-3,6,9H,4,8H2,1H3. The van der Waals surface area contributed by atoms with E-state index in [1.165, 1.54) is 10.4 Å². The van der Waals surface area contributed by atoms with Crippen LogP contribution < -0.4 is 5.73 Å². The Bertz CT molecular complexity index is 207. The van der Waals surface area contributed by atoms with Gasteiger partial charge in [0.25, 0.3) is 0 Å². The quantitative estimate of drug-likeness (QED) is 0.657. The van der Waals surface area contributed by atoms with Crippen LogP contribution in [0.4, 0.5) is 0 Å². The molecule has 0 fully saturated rings. The summed E-state index contributed by atoms with van der Waals surface area (Å²) in [7, 11) is 0. The number of hydrogen-bond acceptors (Lipinski definition) is 3. The summed E-state index contributed by atoms with van der Waals surface area (Å²) in [6.45, 7) is 2.08. The van der Waals surface area contributed by atoms with Crippen molar-refractivity contribution in [3.63, 3.8) is 0 Å². The summed E-state index contributed by atoms with van der Waals surface area (Å²) in [4.78, 5) is 1.26. The second-order valence-electron chi connectivity index (χ2n) is 2.26. The molecule has 1 nitrogen and oxygen atoms in total. The van der Waals surface area contributed by atoms with Crippen LogP contribution in [0.15, 0.2) is 11.4 Å². The van der Waals surface area contributed by atoms with E-state index in [1.807, 2.05) is 0 Å². The maximum atomic E-state index is 5.77. The van der Waals surface area contributed by atoms with E-state index in [9.17, 15) is 0 Å². The molecule has 0 aliphatic heterocycles. The highest BCUT2D eigenvalue weighted by Crippen LogP contribution is 2.22. The van der Waals surface area contributed by atoms with Crippen molar-refractivity contribution in [1.29, 1.82) is 0 Å². The molecule has 56 valence electrons. The summed E-state index contributed by atoms with van der Waals surface area (Å²) in [6, 6.07) is 2.20. The Morgan fingerprint density at radius 1 is 1.80 bits per heavy atom. The first-order chi connectivity index (χ1) is 4.75. The molecular weight excluding hydrogens is 162 g/mol. The summed E-state index contributed by atoms with van der Waals surface area (Å²) in [6.07, 6.45) is 0. The molecule has 0 amide bonds. The molecule has 0 aliphatic rings. The topological polar surface area (TPSA) is 26.0 Å². The Labute approximate surface area is 70.7 Å². The number of thiophene rings is 1. The number of aryl methyl sites for hydroxylation is 1. The van der Waals surface area contributed by atoms with Gasteiger partial charge < -0.3 is 5.73 Å². The van der Waals surface area contributed by atoms with Crippen molar-refractivity contribution in [2.75, 3.05) is 5.75 Å². The van der Waals surface area contributed by atoms with E-state index in [0.717, 1.165) is 5.75 Å². The molecule has 1 aromatic heterocycles. The maximum absolute atomic E-state index is 5.77. The second kappa shape index (κ2) is 3.42. The molecule has 1 unspecified atom stereocenters. The predicted molar refractivity (Wildman–Crippen MR) is 49.8 cm³/mol. The second-order valence-corrected chi connectivity index (χ2v) is 3.57. The largest absolute Gasteiger partial charge is 0.323 e. The van der Waals surface area contributed by atoms with Gasteiger partial charge in [-0.15, -0.1) is 11.3 Å². The molecule has 1 atom stereocenters. The molecule has 0 aliphatic carbocycles. The van der Waals surface area contributed by atoms with E-state index < -0.39 is 0 Å². The minimum atomic E-state index is 0.114. The van der Waals surface area contributed by atoms with Crippen molar-refractivity contribution in [1.82, 2.24) is 0 Å². The van der Waals surface area contributed by atoms with Gasteiger partial charge in [0.05, 0.1) is 0 Å². The SMILES string of the molecule is Cc1ccsc1C(N)CS. The number of hydrogen-bond donors (Lipinski definition) is 2. The van der Waals surface area contributed by atoms with E-state index in [1.54, 1.807) is 11.3 Å². The Morgan fingerprint density at radius 2 is 2.50 bits per heavy atom. The third-order valence-corrected chi connectivity index (χ3v) is 2.98. The fourth-order valence-electron chi connectivity index (χ4n) is 0.847. The molecule has 0 aromatic carbocycles. The zero-order chi connectivity index (χ0) is 7.56. The van der Waals surface area contributed by atoms with E-state index in [-0.39, 0.29) is 6.04 Å². The van der Waals surface area contributed by atoms with Crippen molar-refractivity contribution < 1.29 is 0 Å². The molecular formula is C7H11NS2. The van der Waals surface area contributed by atoms with Crippen LogP contribution in [-0.4, -0.2) is 5.75 Å². The van der Waals surface area contributed by atoms with Crippen molar-refractivity contribution in [3.05, 3.63) is 21.9 Å². The minimum Gasteiger partial charge on any atom is -0.323 e. The number of thiol groups is 1. The lowest BCUT2D eigenvalue weighted by atomic mass is 10.2. The monoisotopic (exact) mass is 173 g/mol. The summed E-state index contributed by atoms with van der Waals surface area (Å²) >= 11 is 5.84. The first kappa shape index (κ1) is 8.11. The minimum absolute atomic E-state index is 0.114. The van der Waals surface area contributed by atoms with Gasteiger partial charge in [-0.3, -0.25) is 0 Å². The summed E-state index contributed by atoms with van der Waals surface area (Å²) in [5.74, 6) is 0.724. The van der Waals surface area contributed by atoms with Crippen molar-refractivity contribution >= 4 is 24.0 Å². The van der Waals surface area contributed by atoms with Crippen LogP contribution in [0.3, 0.4) is 0 Å². The van der Waals surface area contributed by atoms with Crippen molar-refractivity contribution in [2.24, 2.45) is 5.73 Å². The Hall–Kier alpha value is 0.01000. The summed E-state index contributed by atoms with van der Waals surface area (Å²) in [5.41, 5.74) is 7.06. The molecule has 1 aromatic rings. The lowest BCUT2D eigenvalue weighted by molar-refractivity contribution is 0.848. The van der Waals surface area contributed by atoms with E-state index in [4.69, 9.17) is 5.73 Å². The zero-order valence-corrected chi connectivity index (χ0v) is 7.58. The molecule has 2 N–H and O–H groups in total. The van der Waals surface area contributed by atoms with Crippen LogP contribution in [0.25, 0.3) is 0 Å². The van der Waals surface area contributed by atoms with Gasteiger partial charge in [-0.1, -0.05) is 0 Å². The fourth-order valence-corrected chi connectivity index (χ4v) is 2.08. The van der Waals surface area contributed by atoms with Gasteiger partial charge in [-0.2, -0.15) is 12.6 Å². The first-order valence-corrected chi connectivity index (χ1v) is 4.67. The van der Waals surface area contributed by atoms with Crippen LogP contribution in [0.2, 0.25) is 0 Å². The Balaban J connectivity index is 2.82. The van der Waals surface area contributed by atoms with E-state index in [0.29, 0.717) is 0 Å². The van der Waals surface area contributed by atoms with Gasteiger partial charge in [0.2, 0.25) is 0 Å². The fraction of sp³-hybridized carbons (Fsp3) is 0.429. The van der Waals surface area contributed by atoms with Crippen LogP contribution in [-0.2, 0) is 0 Å². The highest BCUT2D eigenvalue weighted by Gasteiger charge is 2.06.